The Labute approximate surface area is 124 Å². The van der Waals surface area contributed by atoms with E-state index in [9.17, 15) is 0 Å². The minimum atomic E-state index is 0. The molecule has 90 valence electrons. The van der Waals surface area contributed by atoms with E-state index in [0.717, 1.165) is 0 Å². The highest BCUT2D eigenvalue weighted by atomic mass is 79.9. The maximum Gasteiger partial charge on any atom is 0.141 e. The van der Waals surface area contributed by atoms with Gasteiger partial charge in [0.2, 0.25) is 0 Å². The number of halogens is 2. The first kappa shape index (κ1) is 18.7. The number of thiophene rings is 1. The van der Waals surface area contributed by atoms with Crippen molar-refractivity contribution in [2.24, 2.45) is 0 Å². The van der Waals surface area contributed by atoms with E-state index in [-0.39, 0.29) is 34.0 Å². The topological polar surface area (TPSA) is 0 Å². The molecule has 1 aromatic heterocycles. The van der Waals surface area contributed by atoms with Crippen LogP contribution in [-0.4, -0.2) is 25.0 Å². The van der Waals surface area contributed by atoms with Gasteiger partial charge in [0, 0.05) is 0 Å². The Morgan fingerprint density at radius 3 is 1.47 bits per heavy atom. The van der Waals surface area contributed by atoms with E-state index >= 15 is 0 Å². The van der Waals surface area contributed by atoms with Crippen LogP contribution in [-0.2, 0) is 33.3 Å². The summed E-state index contributed by atoms with van der Waals surface area (Å²) in [6.45, 7) is 0. The van der Waals surface area contributed by atoms with Crippen molar-refractivity contribution >= 4 is 33.1 Å². The Balaban J connectivity index is 0. The maximum absolute atomic E-state index is 2.31. The Hall–Kier alpha value is 1.36. The van der Waals surface area contributed by atoms with Gasteiger partial charge in [-0.15, -0.1) is 11.3 Å². The molecule has 1 heterocycles. The molecule has 0 radical (unpaired) electrons. The van der Waals surface area contributed by atoms with Crippen LogP contribution in [0.15, 0.2) is 12.1 Å². The predicted octanol–water partition coefficient (Wildman–Crippen LogP) is -3.49. The smallest absolute Gasteiger partial charge is 0.141 e. The van der Waals surface area contributed by atoms with E-state index in [2.05, 4.69) is 37.2 Å². The quantitative estimate of drug-likeness (QED) is 0.466. The highest BCUT2D eigenvalue weighted by Crippen LogP contribution is 2.20. The Kier molecular flexibility index (Phi) is 11.7. The molecule has 0 fully saturated rings. The molecule has 0 aliphatic rings. The Bertz CT molecular complexity index is 234. The van der Waals surface area contributed by atoms with Gasteiger partial charge in [-0.25, -0.2) is 0 Å². The molecule has 5 heteroatoms. The predicted molar refractivity (Wildman–Crippen MR) is 70.2 cm³/mol. The normalized spacial score (nSPS) is 10.0. The molecule has 0 saturated carbocycles. The van der Waals surface area contributed by atoms with Crippen molar-refractivity contribution in [2.75, 3.05) is 25.0 Å². The van der Waals surface area contributed by atoms with Crippen LogP contribution in [0.3, 0.4) is 0 Å². The molecule has 0 amide bonds. The molecule has 0 nitrogen and oxygen atoms in total. The summed E-state index contributed by atoms with van der Waals surface area (Å²) in [5.41, 5.74) is 0. The van der Waals surface area contributed by atoms with Gasteiger partial charge in [0.05, 0.1) is 34.8 Å². The van der Waals surface area contributed by atoms with Crippen LogP contribution in [0.25, 0.3) is 0 Å². The van der Waals surface area contributed by atoms with Crippen LogP contribution in [0.1, 0.15) is 9.75 Å². The zero-order chi connectivity index (χ0) is 9.84. The van der Waals surface area contributed by atoms with Crippen molar-refractivity contribution in [3.05, 3.63) is 21.9 Å². The first-order valence-corrected chi connectivity index (χ1v) is 9.47. The van der Waals surface area contributed by atoms with Crippen LogP contribution in [0.5, 0.6) is 0 Å². The molecule has 0 spiro atoms. The zero-order valence-corrected chi connectivity index (χ0v) is 15.2. The van der Waals surface area contributed by atoms with Crippen molar-refractivity contribution < 1.29 is 34.0 Å². The molecule has 1 aromatic rings. The third kappa shape index (κ3) is 8.13. The number of hydrogen-bond acceptors (Lipinski definition) is 1. The van der Waals surface area contributed by atoms with Crippen molar-refractivity contribution in [1.29, 1.82) is 0 Å². The molecule has 0 aliphatic carbocycles. The average molecular weight is 394 g/mol. The summed E-state index contributed by atoms with van der Waals surface area (Å²) in [6, 6.07) is 4.61. The van der Waals surface area contributed by atoms with Crippen LogP contribution >= 0.6 is 11.3 Å². The lowest BCUT2D eigenvalue weighted by molar-refractivity contribution is -0.001000. The lowest BCUT2D eigenvalue weighted by Gasteiger charge is -1.93. The van der Waals surface area contributed by atoms with Gasteiger partial charge in [-0.1, -0.05) is 0 Å². The zero-order valence-electron chi connectivity index (χ0n) is 9.55. The molecule has 0 aliphatic heterocycles. The summed E-state index contributed by atoms with van der Waals surface area (Å²) < 4.78 is 0. The average Bonchev–Trinajstić information content (AvgIpc) is 2.33. The van der Waals surface area contributed by atoms with Crippen LogP contribution in [0.2, 0.25) is 0 Å². The van der Waals surface area contributed by atoms with Crippen molar-refractivity contribution in [3.8, 4) is 0 Å². The summed E-state index contributed by atoms with van der Waals surface area (Å²) in [5.74, 6) is 2.54. The van der Waals surface area contributed by atoms with E-state index in [4.69, 9.17) is 0 Å². The second-order valence-electron chi connectivity index (χ2n) is 3.63. The molecule has 1 rings (SSSR count). The van der Waals surface area contributed by atoms with Crippen LogP contribution in [0.4, 0.5) is 0 Å². The lowest BCUT2D eigenvalue weighted by Crippen LogP contribution is -3.00. The molecule has 0 aromatic carbocycles. The molecule has 0 atom stereocenters. The molecule has 0 bridgehead atoms. The fraction of sp³-hybridized carbons (Fsp3) is 0.600. The molecular formula is C10H18Br2S3. The molecule has 0 saturated heterocycles. The Morgan fingerprint density at radius 1 is 0.867 bits per heavy atom. The lowest BCUT2D eigenvalue weighted by atomic mass is 10.5. The fourth-order valence-electron chi connectivity index (χ4n) is 1.15. The van der Waals surface area contributed by atoms with Gasteiger partial charge in [-0.2, -0.15) is 0 Å². The highest BCUT2D eigenvalue weighted by molar-refractivity contribution is 7.95. The third-order valence-electron chi connectivity index (χ3n) is 1.58. The summed E-state index contributed by atoms with van der Waals surface area (Å²) in [6.07, 6.45) is 9.24. The number of hydrogen-bond donors (Lipinski definition) is 0. The first-order chi connectivity index (χ1) is 6.08. The van der Waals surface area contributed by atoms with Gasteiger partial charge >= 0.3 is 0 Å². The summed E-state index contributed by atoms with van der Waals surface area (Å²) >= 11 is 2.00. The van der Waals surface area contributed by atoms with Crippen molar-refractivity contribution in [2.45, 2.75) is 11.5 Å². The third-order valence-corrected chi connectivity index (χ3v) is 4.81. The van der Waals surface area contributed by atoms with E-state index in [1.165, 1.54) is 11.5 Å². The van der Waals surface area contributed by atoms with Gasteiger partial charge in [-0.3, -0.25) is 0 Å². The van der Waals surface area contributed by atoms with Gasteiger partial charge in [-0.05, 0) is 33.9 Å². The molecule has 0 N–H and O–H groups in total. The number of rotatable bonds is 4. The standard InChI is InChI=1S/C10H18S3.2BrH/c1-12(2)7-9-5-6-10(11-9)8-13(3)4;;/h5-6H,7-8H2,1-4H3;2*1H/q+2;;/p-2. The van der Waals surface area contributed by atoms with Crippen molar-refractivity contribution in [3.63, 3.8) is 0 Å². The highest BCUT2D eigenvalue weighted by Gasteiger charge is 2.11. The fourth-order valence-corrected chi connectivity index (χ4v) is 4.97. The van der Waals surface area contributed by atoms with Gasteiger partial charge in [0.1, 0.15) is 11.5 Å². The molecular weight excluding hydrogens is 376 g/mol. The van der Waals surface area contributed by atoms with Crippen LogP contribution < -0.4 is 34.0 Å². The summed E-state index contributed by atoms with van der Waals surface area (Å²) in [4.78, 5) is 3.13. The van der Waals surface area contributed by atoms with Gasteiger partial charge < -0.3 is 34.0 Å². The van der Waals surface area contributed by atoms with E-state index < -0.39 is 0 Å². The maximum atomic E-state index is 2.31. The summed E-state index contributed by atoms with van der Waals surface area (Å²) in [7, 11) is 1.09. The Morgan fingerprint density at radius 2 is 1.20 bits per heavy atom. The second-order valence-corrected chi connectivity index (χ2v) is 9.40. The van der Waals surface area contributed by atoms with Gasteiger partial charge in [0.15, 0.2) is 0 Å². The van der Waals surface area contributed by atoms with E-state index in [1.807, 2.05) is 11.3 Å². The van der Waals surface area contributed by atoms with E-state index in [1.54, 1.807) is 9.75 Å². The molecule has 0 unspecified atom stereocenters. The SMILES string of the molecule is C[S+](C)Cc1ccc(C[S+](C)C)s1.[Br-].[Br-]. The second kappa shape index (κ2) is 9.40. The minimum Gasteiger partial charge on any atom is -1.00 e. The first-order valence-electron chi connectivity index (χ1n) is 4.24. The molecule has 15 heavy (non-hydrogen) atoms. The van der Waals surface area contributed by atoms with Crippen molar-refractivity contribution in [1.82, 2.24) is 0 Å². The minimum absolute atomic E-state index is 0. The van der Waals surface area contributed by atoms with E-state index in [0.29, 0.717) is 21.8 Å². The van der Waals surface area contributed by atoms with Crippen LogP contribution in [0, 0.1) is 0 Å². The largest absolute Gasteiger partial charge is 1.00 e. The van der Waals surface area contributed by atoms with Gasteiger partial charge in [0.25, 0.3) is 0 Å². The summed E-state index contributed by atoms with van der Waals surface area (Å²) in [5, 5.41) is 0. The monoisotopic (exact) mass is 392 g/mol.